The molecule has 2 aliphatic rings. The maximum Gasteiger partial charge on any atom is 0.271 e. The molecule has 0 saturated carbocycles. The monoisotopic (exact) mass is 356 g/mol. The second kappa shape index (κ2) is 7.36. The number of amides is 1. The van der Waals surface area contributed by atoms with Gasteiger partial charge in [0.2, 0.25) is 0 Å². The Morgan fingerprint density at radius 1 is 1.27 bits per heavy atom. The smallest absolute Gasteiger partial charge is 0.271 e. The van der Waals surface area contributed by atoms with E-state index in [2.05, 4.69) is 36.9 Å². The van der Waals surface area contributed by atoms with E-state index in [0.29, 0.717) is 5.69 Å². The van der Waals surface area contributed by atoms with Crippen LogP contribution in [-0.2, 0) is 7.05 Å². The summed E-state index contributed by atoms with van der Waals surface area (Å²) in [7, 11) is 1.72. The van der Waals surface area contributed by atoms with E-state index in [9.17, 15) is 4.79 Å². The van der Waals surface area contributed by atoms with Crippen molar-refractivity contribution in [2.45, 2.75) is 37.8 Å². The van der Waals surface area contributed by atoms with Gasteiger partial charge in [-0.05, 0) is 25.7 Å². The van der Waals surface area contributed by atoms with Crippen molar-refractivity contribution in [2.24, 2.45) is 7.05 Å². The lowest BCUT2D eigenvalue weighted by Crippen LogP contribution is -2.42. The van der Waals surface area contributed by atoms with Crippen molar-refractivity contribution in [3.05, 3.63) is 35.9 Å². The van der Waals surface area contributed by atoms with Crippen LogP contribution in [0.4, 0.5) is 0 Å². The Morgan fingerprint density at radius 2 is 2.19 bits per heavy atom. The summed E-state index contributed by atoms with van der Waals surface area (Å²) in [6, 6.07) is 0.0233. The Balaban J connectivity index is 1.48. The van der Waals surface area contributed by atoms with Gasteiger partial charge in [0, 0.05) is 32.9 Å². The molecule has 1 amide bonds. The molecule has 0 unspecified atom stereocenters. The predicted molar refractivity (Wildman–Crippen MR) is 94.3 cm³/mol. The maximum absolute atomic E-state index is 12.6. The molecule has 1 N–H and O–H groups in total. The number of hydrogen-bond acceptors (Lipinski definition) is 6. The Bertz CT molecular complexity index is 781. The molecule has 138 valence electrons. The summed E-state index contributed by atoms with van der Waals surface area (Å²) in [6.45, 7) is 2.60. The second-order valence-corrected chi connectivity index (χ2v) is 7.08. The van der Waals surface area contributed by atoms with Gasteiger partial charge in [0.15, 0.2) is 0 Å². The summed E-state index contributed by atoms with van der Waals surface area (Å²) in [5, 5.41) is 18.9. The van der Waals surface area contributed by atoms with Crippen molar-refractivity contribution in [1.82, 2.24) is 40.2 Å². The molecule has 9 nitrogen and oxygen atoms in total. The topological polar surface area (TPSA) is 93.8 Å². The summed E-state index contributed by atoms with van der Waals surface area (Å²) >= 11 is 0. The number of carbonyl (C=O) groups is 1. The largest absolute Gasteiger partial charge is 0.344 e. The number of rotatable bonds is 5. The molecular weight excluding hydrogens is 332 g/mol. The highest BCUT2D eigenvalue weighted by Gasteiger charge is 2.36. The van der Waals surface area contributed by atoms with Crippen molar-refractivity contribution < 1.29 is 4.79 Å². The highest BCUT2D eigenvalue weighted by Crippen LogP contribution is 2.25. The standard InChI is InChI=1S/C17H24N8O/c1-23-15(9-19-21-23)17(26)20-14-11-24(10-13-5-3-2-4-6-13)12-16(14)25-8-7-18-22-25/h5,7-9,14,16H,2-4,6,10-12H2,1H3,(H,20,26)/t14-,16+/m1/s1. The molecular formula is C17H24N8O. The highest BCUT2D eigenvalue weighted by atomic mass is 16.2. The van der Waals surface area contributed by atoms with Gasteiger partial charge in [-0.3, -0.25) is 9.69 Å². The van der Waals surface area contributed by atoms with E-state index in [1.165, 1.54) is 42.1 Å². The van der Waals surface area contributed by atoms with Crippen molar-refractivity contribution in [3.63, 3.8) is 0 Å². The van der Waals surface area contributed by atoms with Crippen LogP contribution >= 0.6 is 0 Å². The number of aromatic nitrogens is 6. The molecule has 0 radical (unpaired) electrons. The summed E-state index contributed by atoms with van der Waals surface area (Å²) in [5.74, 6) is -0.161. The zero-order valence-electron chi connectivity index (χ0n) is 15.0. The summed E-state index contributed by atoms with van der Waals surface area (Å²) in [4.78, 5) is 15.0. The first-order valence-corrected chi connectivity index (χ1v) is 9.12. The molecule has 9 heteroatoms. The van der Waals surface area contributed by atoms with Crippen LogP contribution in [0.2, 0.25) is 0 Å². The van der Waals surface area contributed by atoms with Crippen LogP contribution in [0, 0.1) is 0 Å². The fourth-order valence-corrected chi connectivity index (χ4v) is 3.87. The number of hydrogen-bond donors (Lipinski definition) is 1. The van der Waals surface area contributed by atoms with Gasteiger partial charge < -0.3 is 5.32 Å². The van der Waals surface area contributed by atoms with Crippen molar-refractivity contribution in [1.29, 1.82) is 0 Å². The molecule has 2 atom stereocenters. The Kier molecular flexibility index (Phi) is 4.79. The molecule has 1 fully saturated rings. The third-order valence-electron chi connectivity index (χ3n) is 5.22. The second-order valence-electron chi connectivity index (χ2n) is 7.08. The highest BCUT2D eigenvalue weighted by molar-refractivity contribution is 5.92. The first kappa shape index (κ1) is 16.9. The van der Waals surface area contributed by atoms with Gasteiger partial charge in [0.25, 0.3) is 5.91 Å². The number of likely N-dealkylation sites (tertiary alicyclic amines) is 1. The molecule has 1 aliphatic heterocycles. The molecule has 0 aromatic carbocycles. The van der Waals surface area contributed by atoms with Gasteiger partial charge in [0.1, 0.15) is 5.69 Å². The van der Waals surface area contributed by atoms with Gasteiger partial charge in [-0.2, -0.15) is 0 Å². The normalized spacial score (nSPS) is 23.8. The number of carbonyl (C=O) groups excluding carboxylic acids is 1. The lowest BCUT2D eigenvalue weighted by molar-refractivity contribution is 0.0920. The third kappa shape index (κ3) is 3.52. The van der Waals surface area contributed by atoms with Crippen LogP contribution in [-0.4, -0.2) is 66.5 Å². The quantitative estimate of drug-likeness (QED) is 0.787. The minimum atomic E-state index is -0.161. The van der Waals surface area contributed by atoms with Crippen molar-refractivity contribution >= 4 is 5.91 Å². The average Bonchev–Trinajstić information content (AvgIpc) is 3.37. The number of allylic oxidation sites excluding steroid dienone is 1. The summed E-state index contributed by atoms with van der Waals surface area (Å²) < 4.78 is 3.33. The number of nitrogens with zero attached hydrogens (tertiary/aromatic N) is 7. The van der Waals surface area contributed by atoms with E-state index in [4.69, 9.17) is 0 Å². The molecule has 2 aromatic rings. The van der Waals surface area contributed by atoms with Gasteiger partial charge in [-0.15, -0.1) is 10.2 Å². The molecule has 0 spiro atoms. The van der Waals surface area contributed by atoms with Crippen LogP contribution in [0.3, 0.4) is 0 Å². The van der Waals surface area contributed by atoms with Crippen molar-refractivity contribution in [2.75, 3.05) is 19.6 Å². The molecule has 3 heterocycles. The van der Waals surface area contributed by atoms with E-state index in [0.717, 1.165) is 19.6 Å². The van der Waals surface area contributed by atoms with Gasteiger partial charge >= 0.3 is 0 Å². The number of nitrogens with one attached hydrogen (secondary N) is 1. The molecule has 26 heavy (non-hydrogen) atoms. The first-order chi connectivity index (χ1) is 12.7. The SMILES string of the molecule is Cn1nncc1C(=O)N[C@@H]1CN(CC2=CCCCC2)C[C@@H]1n1ccnn1. The van der Waals surface area contributed by atoms with Crippen LogP contribution in [0.1, 0.15) is 42.2 Å². The lowest BCUT2D eigenvalue weighted by atomic mass is 9.99. The van der Waals surface area contributed by atoms with Gasteiger partial charge in [-0.1, -0.05) is 22.1 Å². The zero-order valence-corrected chi connectivity index (χ0v) is 15.0. The predicted octanol–water partition coefficient (Wildman–Crippen LogP) is 0.562. The van der Waals surface area contributed by atoms with E-state index in [1.54, 1.807) is 13.2 Å². The van der Waals surface area contributed by atoms with Gasteiger partial charge in [-0.25, -0.2) is 9.36 Å². The van der Waals surface area contributed by atoms with Crippen LogP contribution in [0.25, 0.3) is 0 Å². The summed E-state index contributed by atoms with van der Waals surface area (Å²) in [5.41, 5.74) is 1.96. The molecule has 2 aromatic heterocycles. The summed E-state index contributed by atoms with van der Waals surface area (Å²) in [6.07, 6.45) is 12.3. The molecule has 4 rings (SSSR count). The fourth-order valence-electron chi connectivity index (χ4n) is 3.87. The van der Waals surface area contributed by atoms with Crippen LogP contribution < -0.4 is 5.32 Å². The van der Waals surface area contributed by atoms with Crippen LogP contribution in [0.15, 0.2) is 30.2 Å². The Hall–Kier alpha value is -2.55. The third-order valence-corrected chi connectivity index (χ3v) is 5.22. The number of aryl methyl sites for hydroxylation is 1. The minimum Gasteiger partial charge on any atom is -0.344 e. The lowest BCUT2D eigenvalue weighted by Gasteiger charge is -2.20. The minimum absolute atomic E-state index is 0.0386. The first-order valence-electron chi connectivity index (χ1n) is 9.12. The van der Waals surface area contributed by atoms with E-state index >= 15 is 0 Å². The average molecular weight is 356 g/mol. The molecule has 1 saturated heterocycles. The Labute approximate surface area is 152 Å². The molecule has 1 aliphatic carbocycles. The van der Waals surface area contributed by atoms with E-state index < -0.39 is 0 Å². The molecule has 0 bridgehead atoms. The van der Waals surface area contributed by atoms with Crippen LogP contribution in [0.5, 0.6) is 0 Å². The Morgan fingerprint density at radius 3 is 2.88 bits per heavy atom. The zero-order chi connectivity index (χ0) is 17.9. The fraction of sp³-hybridized carbons (Fsp3) is 0.588. The van der Waals surface area contributed by atoms with E-state index in [1.807, 2.05) is 10.9 Å². The van der Waals surface area contributed by atoms with Gasteiger partial charge in [0.05, 0.1) is 24.5 Å². The van der Waals surface area contributed by atoms with Crippen molar-refractivity contribution in [3.8, 4) is 0 Å². The maximum atomic E-state index is 12.6. The van der Waals surface area contributed by atoms with E-state index in [-0.39, 0.29) is 18.0 Å².